The highest BCUT2D eigenvalue weighted by molar-refractivity contribution is 6.75. The minimum atomic E-state index is -2.05. The van der Waals surface area contributed by atoms with E-state index in [2.05, 4.69) is 67.7 Å². The first kappa shape index (κ1) is 27.0. The van der Waals surface area contributed by atoms with Gasteiger partial charge in [0.05, 0.1) is 11.8 Å². The predicted molar refractivity (Wildman–Crippen MR) is 152 cm³/mol. The van der Waals surface area contributed by atoms with Crippen LogP contribution in [0.5, 0.6) is 23.0 Å². The molecule has 0 bridgehead atoms. The minimum Gasteiger partial charge on any atom is -0.543 e. The summed E-state index contributed by atoms with van der Waals surface area (Å²) in [6.45, 7) is 21.9. The van der Waals surface area contributed by atoms with Crippen LogP contribution >= 0.6 is 0 Å². The van der Waals surface area contributed by atoms with Gasteiger partial charge < -0.3 is 18.3 Å². The first-order valence-electron chi connectivity index (χ1n) is 13.5. The predicted octanol–water partition coefficient (Wildman–Crippen LogP) is 7.41. The van der Waals surface area contributed by atoms with Crippen molar-refractivity contribution in [1.29, 1.82) is 0 Å². The Balaban J connectivity index is 1.48. The first-order chi connectivity index (χ1) is 17.4. The maximum absolute atomic E-state index is 13.1. The molecule has 38 heavy (non-hydrogen) atoms. The van der Waals surface area contributed by atoms with Gasteiger partial charge >= 0.3 is 11.9 Å². The van der Waals surface area contributed by atoms with E-state index in [0.29, 0.717) is 23.0 Å². The van der Waals surface area contributed by atoms with Gasteiger partial charge in [-0.2, -0.15) is 0 Å². The summed E-state index contributed by atoms with van der Waals surface area (Å²) in [5.74, 6) is 0.397. The molecule has 5 rings (SSSR count). The van der Waals surface area contributed by atoms with Crippen molar-refractivity contribution in [3.63, 3.8) is 0 Å². The van der Waals surface area contributed by atoms with Crippen molar-refractivity contribution in [1.82, 2.24) is 0 Å². The van der Waals surface area contributed by atoms with Gasteiger partial charge in [0.1, 0.15) is 23.0 Å². The standard InChI is InChI=1S/C30H40O6Si2/c1-29(2,3)37(7,8)35-17-11-13-19-21(15-17)33-27(31)25-23(19)24-20-14-12-18(36-38(9,10)30(4,5)6)16-22(20)34-28(32)26(24)25/h11-16,23-26H,1-10H3/t23-,24-,25-,26-/m0/s1. The molecule has 2 heterocycles. The number of benzene rings is 2. The van der Waals surface area contributed by atoms with Gasteiger partial charge in [-0.25, -0.2) is 0 Å². The second-order valence-electron chi connectivity index (χ2n) is 14.1. The zero-order valence-electron chi connectivity index (χ0n) is 24.2. The van der Waals surface area contributed by atoms with E-state index in [9.17, 15) is 9.59 Å². The Labute approximate surface area is 228 Å². The van der Waals surface area contributed by atoms with E-state index in [-0.39, 0.29) is 33.9 Å². The molecule has 0 spiro atoms. The highest BCUT2D eigenvalue weighted by Crippen LogP contribution is 2.65. The zero-order valence-corrected chi connectivity index (χ0v) is 26.2. The number of fused-ring (bicyclic) bond motifs is 8. The van der Waals surface area contributed by atoms with Crippen molar-refractivity contribution in [3.8, 4) is 23.0 Å². The van der Waals surface area contributed by atoms with Crippen molar-refractivity contribution < 1.29 is 27.9 Å². The molecule has 1 fully saturated rings. The number of hydrogen-bond donors (Lipinski definition) is 0. The van der Waals surface area contributed by atoms with E-state index >= 15 is 0 Å². The van der Waals surface area contributed by atoms with Gasteiger partial charge in [-0.3, -0.25) is 9.59 Å². The van der Waals surface area contributed by atoms with E-state index in [0.717, 1.165) is 11.1 Å². The van der Waals surface area contributed by atoms with Crippen LogP contribution in [-0.4, -0.2) is 28.6 Å². The van der Waals surface area contributed by atoms with E-state index < -0.39 is 28.5 Å². The Bertz CT molecular complexity index is 1220. The Kier molecular flexibility index (Phi) is 6.01. The Morgan fingerprint density at radius 2 is 0.947 bits per heavy atom. The molecule has 1 saturated carbocycles. The third-order valence-corrected chi connectivity index (χ3v) is 18.3. The molecule has 0 unspecified atom stereocenters. The van der Waals surface area contributed by atoms with Crippen molar-refractivity contribution >= 4 is 28.6 Å². The SMILES string of the molecule is CC(C)(C)[Si](C)(C)Oc1ccc2c(c1)OC(=O)[C@@H]1[C@H]3C(=O)Oc4cc(O[Si](C)(C)C(C)(C)C)ccc4[C@H]3[C@H]21. The van der Waals surface area contributed by atoms with Gasteiger partial charge in [-0.15, -0.1) is 0 Å². The van der Waals surface area contributed by atoms with Gasteiger partial charge in [-0.1, -0.05) is 53.7 Å². The molecule has 3 aliphatic rings. The summed E-state index contributed by atoms with van der Waals surface area (Å²) in [4.78, 5) is 26.2. The van der Waals surface area contributed by atoms with Gasteiger partial charge in [-0.05, 0) is 59.5 Å². The smallest absolute Gasteiger partial charge is 0.315 e. The zero-order chi connectivity index (χ0) is 28.0. The molecule has 0 amide bonds. The van der Waals surface area contributed by atoms with Gasteiger partial charge in [0.25, 0.3) is 0 Å². The van der Waals surface area contributed by atoms with Gasteiger partial charge in [0, 0.05) is 24.0 Å². The molecule has 204 valence electrons. The second kappa shape index (κ2) is 8.45. The molecular weight excluding hydrogens is 512 g/mol. The van der Waals surface area contributed by atoms with Crippen LogP contribution in [0.1, 0.15) is 64.5 Å². The fraction of sp³-hybridized carbons (Fsp3) is 0.533. The maximum atomic E-state index is 13.1. The molecule has 0 radical (unpaired) electrons. The maximum Gasteiger partial charge on any atom is 0.315 e. The number of hydrogen-bond acceptors (Lipinski definition) is 6. The number of esters is 2. The van der Waals surface area contributed by atoms with E-state index in [4.69, 9.17) is 18.3 Å². The topological polar surface area (TPSA) is 71.1 Å². The molecule has 8 heteroatoms. The van der Waals surface area contributed by atoms with Gasteiger partial charge in [0.15, 0.2) is 0 Å². The van der Waals surface area contributed by atoms with Crippen LogP contribution in [0.3, 0.4) is 0 Å². The second-order valence-corrected chi connectivity index (χ2v) is 23.5. The molecule has 6 nitrogen and oxygen atoms in total. The van der Waals surface area contributed by atoms with Crippen LogP contribution < -0.4 is 18.3 Å². The number of carbonyl (C=O) groups is 2. The van der Waals surface area contributed by atoms with E-state index in [1.165, 1.54) is 0 Å². The largest absolute Gasteiger partial charge is 0.543 e. The summed E-state index contributed by atoms with van der Waals surface area (Å²) < 4.78 is 24.5. The summed E-state index contributed by atoms with van der Waals surface area (Å²) in [6.07, 6.45) is 0. The molecule has 1 aliphatic carbocycles. The average molecular weight is 553 g/mol. The fourth-order valence-electron chi connectivity index (χ4n) is 5.24. The Morgan fingerprint density at radius 3 is 1.26 bits per heavy atom. The van der Waals surface area contributed by atoms with Crippen LogP contribution in [0.25, 0.3) is 0 Å². The number of carbonyl (C=O) groups excluding carboxylic acids is 2. The molecule has 2 aromatic carbocycles. The normalized spacial score (nSPS) is 24.6. The van der Waals surface area contributed by atoms with Crippen molar-refractivity contribution in [2.24, 2.45) is 11.8 Å². The van der Waals surface area contributed by atoms with Crippen LogP contribution in [0.4, 0.5) is 0 Å². The molecule has 2 aliphatic heterocycles. The Morgan fingerprint density at radius 1 is 0.605 bits per heavy atom. The highest BCUT2D eigenvalue weighted by Gasteiger charge is 2.64. The lowest BCUT2D eigenvalue weighted by molar-refractivity contribution is -0.165. The minimum absolute atomic E-state index is 0.0468. The van der Waals surface area contributed by atoms with Crippen molar-refractivity contribution in [2.45, 2.75) is 89.6 Å². The lowest BCUT2D eigenvalue weighted by Gasteiger charge is -2.53. The molecule has 4 atom stereocenters. The summed E-state index contributed by atoms with van der Waals surface area (Å²) in [6, 6.07) is 11.6. The van der Waals surface area contributed by atoms with Crippen molar-refractivity contribution in [2.75, 3.05) is 0 Å². The van der Waals surface area contributed by atoms with Crippen molar-refractivity contribution in [3.05, 3.63) is 47.5 Å². The lowest BCUT2D eigenvalue weighted by Crippen LogP contribution is -2.57. The van der Waals surface area contributed by atoms with Crippen LogP contribution in [0.15, 0.2) is 36.4 Å². The summed E-state index contributed by atoms with van der Waals surface area (Å²) in [5.41, 5.74) is 1.89. The molecule has 0 saturated heterocycles. The lowest BCUT2D eigenvalue weighted by atomic mass is 9.51. The molecule has 2 aromatic rings. The van der Waals surface area contributed by atoms with E-state index in [1.54, 1.807) is 0 Å². The summed E-state index contributed by atoms with van der Waals surface area (Å²) in [5, 5.41) is 0.0936. The van der Waals surface area contributed by atoms with Crippen LogP contribution in [-0.2, 0) is 9.59 Å². The summed E-state index contributed by atoms with van der Waals surface area (Å²) >= 11 is 0. The quantitative estimate of drug-likeness (QED) is 0.223. The van der Waals surface area contributed by atoms with Crippen LogP contribution in [0.2, 0.25) is 36.3 Å². The van der Waals surface area contributed by atoms with E-state index in [1.807, 2.05) is 36.4 Å². The highest BCUT2D eigenvalue weighted by atomic mass is 28.4. The first-order valence-corrected chi connectivity index (χ1v) is 19.3. The Hall–Kier alpha value is -2.59. The molecule has 0 N–H and O–H groups in total. The third kappa shape index (κ3) is 4.20. The van der Waals surface area contributed by atoms with Crippen LogP contribution in [0, 0.1) is 11.8 Å². The molecular formula is C30H40O6Si2. The number of ether oxygens (including phenoxy) is 2. The fourth-order valence-corrected chi connectivity index (χ4v) is 7.29. The summed E-state index contributed by atoms with van der Waals surface area (Å²) in [7, 11) is -4.11. The molecule has 0 aromatic heterocycles. The average Bonchev–Trinajstić information content (AvgIpc) is 2.73. The number of rotatable bonds is 4. The monoisotopic (exact) mass is 552 g/mol. The third-order valence-electron chi connectivity index (χ3n) is 9.56. The van der Waals surface area contributed by atoms with Gasteiger partial charge in [0.2, 0.25) is 16.6 Å².